The molecule has 0 saturated carbocycles. The summed E-state index contributed by atoms with van der Waals surface area (Å²) in [5.41, 5.74) is 8.18. The van der Waals surface area contributed by atoms with Crippen molar-refractivity contribution >= 4 is 16.9 Å². The van der Waals surface area contributed by atoms with Crippen molar-refractivity contribution in [1.29, 1.82) is 0 Å². The molecule has 2 heterocycles. The number of anilines is 1. The first-order valence-electron chi connectivity index (χ1n) is 5.53. The molecule has 0 fully saturated rings. The average Bonchev–Trinajstić information content (AvgIpc) is 2.80. The molecule has 0 radical (unpaired) electrons. The third-order valence-electron chi connectivity index (χ3n) is 2.81. The van der Waals surface area contributed by atoms with E-state index < -0.39 is 0 Å². The smallest absolute Gasteiger partial charge is 0.183 e. The van der Waals surface area contributed by atoms with Gasteiger partial charge in [-0.15, -0.1) is 0 Å². The highest BCUT2D eigenvalue weighted by molar-refractivity contribution is 5.87. The lowest BCUT2D eigenvalue weighted by Gasteiger charge is -2.03. The van der Waals surface area contributed by atoms with E-state index in [1.54, 1.807) is 7.11 Å². The van der Waals surface area contributed by atoms with Gasteiger partial charge >= 0.3 is 0 Å². The number of nitrogens with two attached hydrogens (primary N) is 1. The average molecular weight is 240 g/mol. The largest absolute Gasteiger partial charge is 0.497 e. The van der Waals surface area contributed by atoms with Gasteiger partial charge in [-0.3, -0.25) is 5.10 Å². The molecule has 0 saturated heterocycles. The SMILES string of the molecule is COc1cccc(-c2ccc3c(N)[nH]nc3n2)c1. The standard InChI is InChI=1S/C13H12N4O/c1-18-9-4-2-3-8(7-9)11-6-5-10-12(14)16-17-13(10)15-11/h2-7H,1H3,(H3,14,15,16,17). The van der Waals surface area contributed by atoms with Gasteiger partial charge in [-0.2, -0.15) is 5.10 Å². The van der Waals surface area contributed by atoms with E-state index in [9.17, 15) is 0 Å². The van der Waals surface area contributed by atoms with E-state index >= 15 is 0 Å². The fourth-order valence-corrected chi connectivity index (χ4v) is 1.86. The number of fused-ring (bicyclic) bond motifs is 1. The Kier molecular flexibility index (Phi) is 2.37. The van der Waals surface area contributed by atoms with Crippen molar-refractivity contribution in [3.63, 3.8) is 0 Å². The highest BCUT2D eigenvalue weighted by Crippen LogP contribution is 2.25. The molecule has 0 atom stereocenters. The Morgan fingerprint density at radius 3 is 2.94 bits per heavy atom. The molecule has 90 valence electrons. The Labute approximate surface area is 104 Å². The zero-order chi connectivity index (χ0) is 12.5. The number of nitrogens with zero attached hydrogens (tertiary/aromatic N) is 2. The van der Waals surface area contributed by atoms with Crippen LogP contribution in [-0.2, 0) is 0 Å². The maximum absolute atomic E-state index is 5.73. The van der Waals surface area contributed by atoms with Crippen LogP contribution >= 0.6 is 0 Å². The third-order valence-corrected chi connectivity index (χ3v) is 2.81. The molecular weight excluding hydrogens is 228 g/mol. The summed E-state index contributed by atoms with van der Waals surface area (Å²) in [6, 6.07) is 11.6. The van der Waals surface area contributed by atoms with E-state index in [2.05, 4.69) is 15.2 Å². The summed E-state index contributed by atoms with van der Waals surface area (Å²) in [4.78, 5) is 4.46. The number of methoxy groups -OCH3 is 1. The Morgan fingerprint density at radius 1 is 1.22 bits per heavy atom. The first kappa shape index (κ1) is 10.6. The van der Waals surface area contributed by atoms with Crippen molar-refractivity contribution in [1.82, 2.24) is 15.2 Å². The van der Waals surface area contributed by atoms with Gasteiger partial charge in [-0.1, -0.05) is 12.1 Å². The molecule has 5 heteroatoms. The maximum atomic E-state index is 5.73. The summed E-state index contributed by atoms with van der Waals surface area (Å²) in [5, 5.41) is 7.61. The molecule has 3 N–H and O–H groups in total. The van der Waals surface area contributed by atoms with Gasteiger partial charge in [0.05, 0.1) is 18.2 Å². The van der Waals surface area contributed by atoms with Gasteiger partial charge in [0.2, 0.25) is 0 Å². The van der Waals surface area contributed by atoms with Crippen molar-refractivity contribution in [3.05, 3.63) is 36.4 Å². The lowest BCUT2D eigenvalue weighted by molar-refractivity contribution is 0.415. The normalized spacial score (nSPS) is 10.7. The van der Waals surface area contributed by atoms with E-state index in [1.165, 1.54) is 0 Å². The minimum Gasteiger partial charge on any atom is -0.497 e. The van der Waals surface area contributed by atoms with Crippen LogP contribution in [0.4, 0.5) is 5.82 Å². The number of pyridine rings is 1. The molecule has 0 amide bonds. The second kappa shape index (κ2) is 4.03. The van der Waals surface area contributed by atoms with Gasteiger partial charge in [0.15, 0.2) is 5.65 Å². The van der Waals surface area contributed by atoms with Crippen LogP contribution in [0.15, 0.2) is 36.4 Å². The predicted molar refractivity (Wildman–Crippen MR) is 70.3 cm³/mol. The Balaban J connectivity index is 2.13. The van der Waals surface area contributed by atoms with Gasteiger partial charge in [-0.25, -0.2) is 4.98 Å². The van der Waals surface area contributed by atoms with Crippen molar-refractivity contribution < 1.29 is 4.74 Å². The molecule has 0 bridgehead atoms. The first-order chi connectivity index (χ1) is 8.78. The monoisotopic (exact) mass is 240 g/mol. The minimum atomic E-state index is 0.537. The highest BCUT2D eigenvalue weighted by atomic mass is 16.5. The molecule has 0 aliphatic heterocycles. The minimum absolute atomic E-state index is 0.537. The van der Waals surface area contributed by atoms with Crippen LogP contribution in [0, 0.1) is 0 Å². The van der Waals surface area contributed by atoms with Crippen molar-refractivity contribution in [2.45, 2.75) is 0 Å². The van der Waals surface area contributed by atoms with E-state index in [-0.39, 0.29) is 0 Å². The van der Waals surface area contributed by atoms with Gasteiger partial charge in [-0.05, 0) is 24.3 Å². The molecule has 3 rings (SSSR count). The molecule has 0 aliphatic rings. The zero-order valence-corrected chi connectivity index (χ0v) is 9.84. The molecule has 2 aromatic heterocycles. The number of benzene rings is 1. The van der Waals surface area contributed by atoms with E-state index in [0.29, 0.717) is 11.5 Å². The number of ether oxygens (including phenoxy) is 1. The summed E-state index contributed by atoms with van der Waals surface area (Å²) >= 11 is 0. The highest BCUT2D eigenvalue weighted by Gasteiger charge is 2.06. The lowest BCUT2D eigenvalue weighted by atomic mass is 10.1. The quantitative estimate of drug-likeness (QED) is 0.720. The van der Waals surface area contributed by atoms with Gasteiger partial charge in [0.25, 0.3) is 0 Å². The second-order valence-corrected chi connectivity index (χ2v) is 3.94. The van der Waals surface area contributed by atoms with E-state index in [0.717, 1.165) is 22.4 Å². The van der Waals surface area contributed by atoms with Gasteiger partial charge < -0.3 is 10.5 Å². The van der Waals surface area contributed by atoms with Crippen LogP contribution in [0.5, 0.6) is 5.75 Å². The topological polar surface area (TPSA) is 76.8 Å². The maximum Gasteiger partial charge on any atom is 0.183 e. The number of hydrogen-bond donors (Lipinski definition) is 2. The van der Waals surface area contributed by atoms with Crippen molar-refractivity contribution in [3.8, 4) is 17.0 Å². The fraction of sp³-hybridized carbons (Fsp3) is 0.0769. The number of hydrogen-bond acceptors (Lipinski definition) is 4. The summed E-state index contributed by atoms with van der Waals surface area (Å²) < 4.78 is 5.20. The Bertz CT molecular complexity index is 705. The van der Waals surface area contributed by atoms with Gasteiger partial charge in [0, 0.05) is 5.56 Å². The van der Waals surface area contributed by atoms with Crippen LogP contribution in [0.1, 0.15) is 0 Å². The van der Waals surface area contributed by atoms with Crippen molar-refractivity contribution in [2.24, 2.45) is 0 Å². The Hall–Kier alpha value is -2.56. The predicted octanol–water partition coefficient (Wildman–Crippen LogP) is 2.22. The summed E-state index contributed by atoms with van der Waals surface area (Å²) in [5.74, 6) is 1.34. The van der Waals surface area contributed by atoms with Crippen LogP contribution in [0.3, 0.4) is 0 Å². The molecular formula is C13H12N4O. The lowest BCUT2D eigenvalue weighted by Crippen LogP contribution is -1.87. The van der Waals surface area contributed by atoms with Crippen LogP contribution in [0.2, 0.25) is 0 Å². The number of nitrogen functional groups attached to an aromatic ring is 1. The summed E-state index contributed by atoms with van der Waals surface area (Å²) in [6.07, 6.45) is 0. The van der Waals surface area contributed by atoms with Crippen LogP contribution in [0.25, 0.3) is 22.3 Å². The molecule has 18 heavy (non-hydrogen) atoms. The summed E-state index contributed by atoms with van der Waals surface area (Å²) in [6.45, 7) is 0. The molecule has 0 aliphatic carbocycles. The first-order valence-corrected chi connectivity index (χ1v) is 5.53. The van der Waals surface area contributed by atoms with Crippen LogP contribution in [-0.4, -0.2) is 22.3 Å². The molecule has 5 nitrogen and oxygen atoms in total. The molecule has 0 unspecified atom stereocenters. The summed E-state index contributed by atoms with van der Waals surface area (Å²) in [7, 11) is 1.64. The number of aromatic amines is 1. The number of rotatable bonds is 2. The molecule has 1 aromatic carbocycles. The van der Waals surface area contributed by atoms with E-state index in [1.807, 2.05) is 36.4 Å². The molecule has 3 aromatic rings. The molecule has 0 spiro atoms. The number of aromatic nitrogens is 3. The number of nitrogens with one attached hydrogen (secondary N) is 1. The Morgan fingerprint density at radius 2 is 2.11 bits per heavy atom. The fourth-order valence-electron chi connectivity index (χ4n) is 1.86. The van der Waals surface area contributed by atoms with Crippen LogP contribution < -0.4 is 10.5 Å². The van der Waals surface area contributed by atoms with Crippen molar-refractivity contribution in [2.75, 3.05) is 12.8 Å². The number of H-pyrrole nitrogens is 1. The zero-order valence-electron chi connectivity index (χ0n) is 9.84. The van der Waals surface area contributed by atoms with E-state index in [4.69, 9.17) is 10.5 Å². The van der Waals surface area contributed by atoms with Gasteiger partial charge in [0.1, 0.15) is 11.6 Å². The third kappa shape index (κ3) is 1.66. The second-order valence-electron chi connectivity index (χ2n) is 3.94.